The third-order valence-corrected chi connectivity index (χ3v) is 5.96. The van der Waals surface area contributed by atoms with E-state index in [4.69, 9.17) is 9.97 Å². The number of fused-ring (bicyclic) bond motifs is 2. The molecule has 3 aromatic heterocycles. The Morgan fingerprint density at radius 1 is 1.11 bits per heavy atom. The van der Waals surface area contributed by atoms with Crippen LogP contribution in [0.5, 0.6) is 0 Å². The SMILES string of the molecule is CC(C)N(CCNc1nc(-c2csc3ccccc23)nc2nc[nH]c12)C(C)C. The van der Waals surface area contributed by atoms with E-state index in [1.165, 1.54) is 10.1 Å². The molecule has 0 aliphatic rings. The second-order valence-electron chi connectivity index (χ2n) is 7.49. The highest BCUT2D eigenvalue weighted by molar-refractivity contribution is 7.17. The summed E-state index contributed by atoms with van der Waals surface area (Å²) in [5.74, 6) is 1.52. The van der Waals surface area contributed by atoms with Crippen LogP contribution in [-0.4, -0.2) is 50.0 Å². The van der Waals surface area contributed by atoms with Crippen LogP contribution < -0.4 is 5.32 Å². The van der Waals surface area contributed by atoms with E-state index in [0.29, 0.717) is 23.6 Å². The topological polar surface area (TPSA) is 69.7 Å². The van der Waals surface area contributed by atoms with Crippen LogP contribution in [0.1, 0.15) is 27.7 Å². The van der Waals surface area contributed by atoms with Crippen LogP contribution in [0, 0.1) is 0 Å². The number of hydrogen-bond acceptors (Lipinski definition) is 6. The molecule has 0 saturated heterocycles. The average Bonchev–Trinajstić information content (AvgIpc) is 3.30. The van der Waals surface area contributed by atoms with Crippen molar-refractivity contribution in [1.29, 1.82) is 0 Å². The number of hydrogen-bond donors (Lipinski definition) is 2. The number of benzene rings is 1. The summed E-state index contributed by atoms with van der Waals surface area (Å²) >= 11 is 1.71. The zero-order chi connectivity index (χ0) is 19.7. The van der Waals surface area contributed by atoms with Crippen LogP contribution in [0.2, 0.25) is 0 Å². The Morgan fingerprint density at radius 3 is 2.68 bits per heavy atom. The molecular weight excluding hydrogens is 368 g/mol. The maximum Gasteiger partial charge on any atom is 0.183 e. The van der Waals surface area contributed by atoms with E-state index >= 15 is 0 Å². The molecule has 0 atom stereocenters. The standard InChI is InChI=1S/C21H26N6S/c1-13(2)27(14(3)4)10-9-22-20-18-21(24-12-23-18)26-19(25-20)16-11-28-17-8-6-5-7-15(16)17/h5-8,11-14H,9-10H2,1-4H3,(H2,22,23,24,25,26). The molecule has 1 aromatic carbocycles. The Balaban J connectivity index is 1.64. The van der Waals surface area contributed by atoms with Crippen LogP contribution in [0.25, 0.3) is 32.6 Å². The molecule has 0 bridgehead atoms. The van der Waals surface area contributed by atoms with Gasteiger partial charge < -0.3 is 10.3 Å². The maximum atomic E-state index is 4.85. The monoisotopic (exact) mass is 394 g/mol. The van der Waals surface area contributed by atoms with Crippen molar-refractivity contribution in [3.8, 4) is 11.4 Å². The molecule has 0 fully saturated rings. The highest BCUT2D eigenvalue weighted by atomic mass is 32.1. The van der Waals surface area contributed by atoms with Crippen molar-refractivity contribution in [3.05, 3.63) is 36.0 Å². The molecule has 0 aliphatic heterocycles. The fourth-order valence-electron chi connectivity index (χ4n) is 3.65. The van der Waals surface area contributed by atoms with Gasteiger partial charge in [0.1, 0.15) is 5.52 Å². The smallest absolute Gasteiger partial charge is 0.183 e. The molecule has 4 rings (SSSR count). The van der Waals surface area contributed by atoms with E-state index < -0.39 is 0 Å². The number of nitrogens with one attached hydrogen (secondary N) is 2. The molecule has 0 aliphatic carbocycles. The molecule has 0 unspecified atom stereocenters. The number of aromatic amines is 1. The number of aromatic nitrogens is 4. The Morgan fingerprint density at radius 2 is 1.89 bits per heavy atom. The second-order valence-corrected chi connectivity index (χ2v) is 8.41. The van der Waals surface area contributed by atoms with Crippen LogP contribution in [0.4, 0.5) is 5.82 Å². The number of imidazole rings is 1. The van der Waals surface area contributed by atoms with Gasteiger partial charge in [0, 0.05) is 46.2 Å². The van der Waals surface area contributed by atoms with Crippen LogP contribution in [-0.2, 0) is 0 Å². The summed E-state index contributed by atoms with van der Waals surface area (Å²) in [7, 11) is 0. The molecule has 2 N–H and O–H groups in total. The quantitative estimate of drug-likeness (QED) is 0.473. The van der Waals surface area contributed by atoms with Crippen molar-refractivity contribution in [2.75, 3.05) is 18.4 Å². The van der Waals surface area contributed by atoms with E-state index in [-0.39, 0.29) is 0 Å². The van der Waals surface area contributed by atoms with Crippen molar-refractivity contribution in [1.82, 2.24) is 24.8 Å². The summed E-state index contributed by atoms with van der Waals surface area (Å²) in [6.07, 6.45) is 1.68. The third-order valence-electron chi connectivity index (χ3n) is 5.00. The molecule has 0 amide bonds. The minimum Gasteiger partial charge on any atom is -0.367 e. The molecule has 28 heavy (non-hydrogen) atoms. The van der Waals surface area contributed by atoms with Gasteiger partial charge in [0.2, 0.25) is 0 Å². The van der Waals surface area contributed by atoms with Crippen LogP contribution in [0.15, 0.2) is 36.0 Å². The van der Waals surface area contributed by atoms with Crippen molar-refractivity contribution in [2.45, 2.75) is 39.8 Å². The van der Waals surface area contributed by atoms with Crippen molar-refractivity contribution in [2.24, 2.45) is 0 Å². The lowest BCUT2D eigenvalue weighted by molar-refractivity contribution is 0.182. The largest absolute Gasteiger partial charge is 0.367 e. The summed E-state index contributed by atoms with van der Waals surface area (Å²) < 4.78 is 1.24. The van der Waals surface area contributed by atoms with E-state index in [2.05, 4.69) is 77.5 Å². The lowest BCUT2D eigenvalue weighted by Gasteiger charge is -2.30. The summed E-state index contributed by atoms with van der Waals surface area (Å²) in [6.45, 7) is 10.7. The lowest BCUT2D eigenvalue weighted by Crippen LogP contribution is -2.40. The van der Waals surface area contributed by atoms with Crippen molar-refractivity contribution in [3.63, 3.8) is 0 Å². The zero-order valence-electron chi connectivity index (χ0n) is 16.7. The Hall–Kier alpha value is -2.51. The van der Waals surface area contributed by atoms with Crippen LogP contribution in [0.3, 0.4) is 0 Å². The molecule has 7 heteroatoms. The second kappa shape index (κ2) is 7.85. The Bertz CT molecular complexity index is 1070. The highest BCUT2D eigenvalue weighted by Gasteiger charge is 2.16. The Labute approximate surface area is 169 Å². The molecule has 0 saturated carbocycles. The van der Waals surface area contributed by atoms with E-state index in [1.54, 1.807) is 17.7 Å². The summed E-state index contributed by atoms with van der Waals surface area (Å²) in [4.78, 5) is 19.5. The van der Waals surface area contributed by atoms with Gasteiger partial charge in [-0.1, -0.05) is 18.2 Å². The van der Waals surface area contributed by atoms with E-state index in [0.717, 1.165) is 30.0 Å². The van der Waals surface area contributed by atoms with Gasteiger partial charge in [0.05, 0.1) is 6.33 Å². The first-order valence-corrected chi connectivity index (χ1v) is 10.6. The first kappa shape index (κ1) is 18.8. The summed E-state index contributed by atoms with van der Waals surface area (Å²) in [6, 6.07) is 9.37. The van der Waals surface area contributed by atoms with Gasteiger partial charge >= 0.3 is 0 Å². The normalized spacial score (nSPS) is 12.1. The predicted octanol–water partition coefficient (Wildman–Crippen LogP) is 4.77. The maximum absolute atomic E-state index is 4.85. The van der Waals surface area contributed by atoms with Gasteiger partial charge in [0.15, 0.2) is 17.3 Å². The zero-order valence-corrected chi connectivity index (χ0v) is 17.5. The molecule has 3 heterocycles. The van der Waals surface area contributed by atoms with Gasteiger partial charge in [-0.3, -0.25) is 4.90 Å². The predicted molar refractivity (Wildman–Crippen MR) is 118 cm³/mol. The fourth-order valence-corrected chi connectivity index (χ4v) is 4.59. The van der Waals surface area contributed by atoms with Gasteiger partial charge in [0.25, 0.3) is 0 Å². The van der Waals surface area contributed by atoms with Gasteiger partial charge in [-0.05, 0) is 33.8 Å². The molecule has 6 nitrogen and oxygen atoms in total. The van der Waals surface area contributed by atoms with E-state index in [1.807, 2.05) is 0 Å². The molecular formula is C21H26N6S. The van der Waals surface area contributed by atoms with Crippen LogP contribution >= 0.6 is 11.3 Å². The average molecular weight is 395 g/mol. The number of thiophene rings is 1. The van der Waals surface area contributed by atoms with Gasteiger partial charge in [-0.25, -0.2) is 15.0 Å². The first-order valence-electron chi connectivity index (χ1n) is 9.72. The highest BCUT2D eigenvalue weighted by Crippen LogP contribution is 2.33. The summed E-state index contributed by atoms with van der Waals surface area (Å²) in [5.41, 5.74) is 2.59. The number of rotatable bonds is 7. The van der Waals surface area contributed by atoms with Gasteiger partial charge in [-0.2, -0.15) is 0 Å². The Kier molecular flexibility index (Phi) is 5.28. The minimum atomic E-state index is 0.507. The molecule has 0 spiro atoms. The lowest BCUT2D eigenvalue weighted by atomic mass is 10.1. The number of H-pyrrole nitrogens is 1. The number of anilines is 1. The third kappa shape index (κ3) is 3.59. The number of nitrogens with zero attached hydrogens (tertiary/aromatic N) is 4. The molecule has 146 valence electrons. The first-order chi connectivity index (χ1) is 13.5. The van der Waals surface area contributed by atoms with E-state index in [9.17, 15) is 0 Å². The fraction of sp³-hybridized carbons (Fsp3) is 0.381. The molecule has 0 radical (unpaired) electrons. The van der Waals surface area contributed by atoms with Crippen molar-refractivity contribution >= 4 is 38.4 Å². The summed E-state index contributed by atoms with van der Waals surface area (Å²) in [5, 5.41) is 6.81. The minimum absolute atomic E-state index is 0.507. The van der Waals surface area contributed by atoms with Crippen molar-refractivity contribution < 1.29 is 0 Å². The van der Waals surface area contributed by atoms with Gasteiger partial charge in [-0.15, -0.1) is 11.3 Å². The molecule has 4 aromatic rings.